The predicted octanol–water partition coefficient (Wildman–Crippen LogP) is 4.11. The van der Waals surface area contributed by atoms with E-state index in [-0.39, 0.29) is 6.54 Å². The lowest BCUT2D eigenvalue weighted by atomic mass is 10.00. The number of nitrogens with zero attached hydrogens (tertiary/aromatic N) is 1. The zero-order valence-electron chi connectivity index (χ0n) is 12.2. The van der Waals surface area contributed by atoms with Crippen LogP contribution in [0.5, 0.6) is 0 Å². The molecule has 1 aliphatic heterocycles. The van der Waals surface area contributed by atoms with Gasteiger partial charge in [0.15, 0.2) is 0 Å². The van der Waals surface area contributed by atoms with E-state index in [9.17, 15) is 17.6 Å². The van der Waals surface area contributed by atoms with Crippen molar-refractivity contribution in [3.8, 4) is 0 Å². The number of hydrogen-bond acceptors (Lipinski definition) is 2. The van der Waals surface area contributed by atoms with Gasteiger partial charge in [-0.25, -0.2) is 9.40 Å². The highest BCUT2D eigenvalue weighted by Gasteiger charge is 2.31. The average molecular weight is 304 g/mol. The second-order valence-electron chi connectivity index (χ2n) is 5.72. The molecule has 2 atom stereocenters. The van der Waals surface area contributed by atoms with E-state index in [1.54, 1.807) is 0 Å². The molecule has 1 saturated heterocycles. The SMILES string of the molecule is CC1CCCC(C)N1NCc1cc(F)cc(C(F)(F)F)c1. The van der Waals surface area contributed by atoms with Gasteiger partial charge in [0, 0.05) is 18.6 Å². The second kappa shape index (κ2) is 6.32. The summed E-state index contributed by atoms with van der Waals surface area (Å²) in [6.07, 6.45) is -1.27. The summed E-state index contributed by atoms with van der Waals surface area (Å²) in [5, 5.41) is 2.06. The van der Waals surface area contributed by atoms with Gasteiger partial charge in [-0.3, -0.25) is 5.43 Å². The quantitative estimate of drug-likeness (QED) is 0.845. The monoisotopic (exact) mass is 304 g/mol. The molecule has 118 valence electrons. The molecule has 1 aliphatic rings. The summed E-state index contributed by atoms with van der Waals surface area (Å²) in [5.41, 5.74) is 2.50. The van der Waals surface area contributed by atoms with Crippen LogP contribution in [-0.2, 0) is 12.7 Å². The van der Waals surface area contributed by atoms with Crippen molar-refractivity contribution in [2.24, 2.45) is 0 Å². The fraction of sp³-hybridized carbons (Fsp3) is 0.600. The van der Waals surface area contributed by atoms with Gasteiger partial charge in [-0.05, 0) is 50.5 Å². The molecule has 1 aromatic carbocycles. The lowest BCUT2D eigenvalue weighted by Crippen LogP contribution is -2.51. The van der Waals surface area contributed by atoms with Crippen LogP contribution in [-0.4, -0.2) is 17.1 Å². The van der Waals surface area contributed by atoms with Gasteiger partial charge in [-0.2, -0.15) is 13.2 Å². The highest BCUT2D eigenvalue weighted by molar-refractivity contribution is 5.26. The molecule has 2 unspecified atom stereocenters. The summed E-state index contributed by atoms with van der Waals surface area (Å²) >= 11 is 0. The lowest BCUT2D eigenvalue weighted by molar-refractivity contribution is -0.137. The minimum absolute atomic E-state index is 0.190. The van der Waals surface area contributed by atoms with E-state index in [2.05, 4.69) is 24.3 Å². The van der Waals surface area contributed by atoms with Gasteiger partial charge in [0.05, 0.1) is 5.56 Å². The van der Waals surface area contributed by atoms with Crippen molar-refractivity contribution in [2.45, 2.75) is 57.9 Å². The van der Waals surface area contributed by atoms with Crippen LogP contribution in [0, 0.1) is 5.82 Å². The number of rotatable bonds is 3. The van der Waals surface area contributed by atoms with Crippen LogP contribution in [0.1, 0.15) is 44.2 Å². The fourth-order valence-corrected chi connectivity index (χ4v) is 2.83. The Balaban J connectivity index is 2.07. The molecule has 0 saturated carbocycles. The first-order chi connectivity index (χ1) is 9.77. The molecular formula is C15H20F4N2. The first kappa shape index (κ1) is 16.2. The van der Waals surface area contributed by atoms with Crippen molar-refractivity contribution < 1.29 is 17.6 Å². The first-order valence-electron chi connectivity index (χ1n) is 7.16. The number of benzene rings is 1. The number of alkyl halides is 3. The average Bonchev–Trinajstić information content (AvgIpc) is 2.36. The Morgan fingerprint density at radius 1 is 1.14 bits per heavy atom. The van der Waals surface area contributed by atoms with E-state index in [1.807, 2.05) is 0 Å². The zero-order chi connectivity index (χ0) is 15.6. The van der Waals surface area contributed by atoms with E-state index < -0.39 is 17.6 Å². The Morgan fingerprint density at radius 2 is 1.76 bits per heavy atom. The normalized spacial score (nSPS) is 24.3. The third kappa shape index (κ3) is 4.17. The summed E-state index contributed by atoms with van der Waals surface area (Å²) in [6.45, 7) is 4.35. The van der Waals surface area contributed by atoms with Crippen molar-refractivity contribution in [1.29, 1.82) is 0 Å². The largest absolute Gasteiger partial charge is 0.416 e. The Kier molecular flexibility index (Phi) is 4.88. The lowest BCUT2D eigenvalue weighted by Gasteiger charge is -2.39. The van der Waals surface area contributed by atoms with Crippen molar-refractivity contribution in [2.75, 3.05) is 0 Å². The maximum absolute atomic E-state index is 13.3. The van der Waals surface area contributed by atoms with Crippen molar-refractivity contribution in [3.63, 3.8) is 0 Å². The molecule has 2 nitrogen and oxygen atoms in total. The Morgan fingerprint density at radius 3 is 2.33 bits per heavy atom. The minimum Gasteiger partial charge on any atom is -0.250 e. The molecule has 0 amide bonds. The molecule has 2 rings (SSSR count). The van der Waals surface area contributed by atoms with Gasteiger partial charge in [0.25, 0.3) is 0 Å². The molecule has 0 radical (unpaired) electrons. The van der Waals surface area contributed by atoms with Crippen molar-refractivity contribution >= 4 is 0 Å². The third-order valence-electron chi connectivity index (χ3n) is 3.94. The number of piperidine rings is 1. The molecule has 6 heteroatoms. The highest BCUT2D eigenvalue weighted by atomic mass is 19.4. The predicted molar refractivity (Wildman–Crippen MR) is 72.9 cm³/mol. The van der Waals surface area contributed by atoms with Crippen LogP contribution in [0.25, 0.3) is 0 Å². The first-order valence-corrected chi connectivity index (χ1v) is 7.16. The second-order valence-corrected chi connectivity index (χ2v) is 5.72. The number of hydrazine groups is 1. The Hall–Kier alpha value is -1.14. The minimum atomic E-state index is -4.53. The highest BCUT2D eigenvalue weighted by Crippen LogP contribution is 2.30. The topological polar surface area (TPSA) is 15.3 Å². The fourth-order valence-electron chi connectivity index (χ4n) is 2.83. The molecule has 1 heterocycles. The summed E-state index contributed by atoms with van der Waals surface area (Å²) in [7, 11) is 0. The molecule has 1 N–H and O–H groups in total. The van der Waals surface area contributed by atoms with Crippen molar-refractivity contribution in [1.82, 2.24) is 10.4 Å². The van der Waals surface area contributed by atoms with Gasteiger partial charge in [-0.1, -0.05) is 6.42 Å². The van der Waals surface area contributed by atoms with E-state index in [0.29, 0.717) is 23.7 Å². The van der Waals surface area contributed by atoms with Crippen LogP contribution in [0.4, 0.5) is 17.6 Å². The zero-order valence-corrected chi connectivity index (χ0v) is 12.2. The van der Waals surface area contributed by atoms with Crippen LogP contribution in [0.2, 0.25) is 0 Å². The third-order valence-corrected chi connectivity index (χ3v) is 3.94. The molecular weight excluding hydrogens is 284 g/mol. The molecule has 0 aliphatic carbocycles. The Bertz CT molecular complexity index is 477. The maximum atomic E-state index is 13.3. The van der Waals surface area contributed by atoms with E-state index in [0.717, 1.165) is 31.4 Å². The van der Waals surface area contributed by atoms with Crippen LogP contribution >= 0.6 is 0 Å². The van der Waals surface area contributed by atoms with E-state index in [1.165, 1.54) is 0 Å². The van der Waals surface area contributed by atoms with Crippen molar-refractivity contribution in [3.05, 3.63) is 35.1 Å². The van der Waals surface area contributed by atoms with Gasteiger partial charge < -0.3 is 0 Å². The standard InChI is InChI=1S/C15H20F4N2/c1-10-4-3-5-11(2)21(10)20-9-12-6-13(15(17,18)19)8-14(16)7-12/h6-8,10-11,20H,3-5,9H2,1-2H3. The maximum Gasteiger partial charge on any atom is 0.416 e. The Labute approximate surface area is 122 Å². The number of halogens is 4. The number of nitrogens with one attached hydrogen (secondary N) is 1. The number of hydrogen-bond donors (Lipinski definition) is 1. The van der Waals surface area contributed by atoms with Gasteiger partial charge >= 0.3 is 6.18 Å². The van der Waals surface area contributed by atoms with Crippen LogP contribution in [0.15, 0.2) is 18.2 Å². The molecule has 1 aromatic rings. The van der Waals surface area contributed by atoms with E-state index in [4.69, 9.17) is 0 Å². The smallest absolute Gasteiger partial charge is 0.250 e. The summed E-state index contributed by atoms with van der Waals surface area (Å²) in [4.78, 5) is 0. The van der Waals surface area contributed by atoms with Gasteiger partial charge in [0.2, 0.25) is 0 Å². The molecule has 21 heavy (non-hydrogen) atoms. The van der Waals surface area contributed by atoms with Gasteiger partial charge in [-0.15, -0.1) is 0 Å². The van der Waals surface area contributed by atoms with Gasteiger partial charge in [0.1, 0.15) is 5.82 Å². The van der Waals surface area contributed by atoms with E-state index >= 15 is 0 Å². The summed E-state index contributed by atoms with van der Waals surface area (Å²) in [6, 6.07) is 3.31. The molecule has 0 spiro atoms. The summed E-state index contributed by atoms with van der Waals surface area (Å²) < 4.78 is 51.3. The molecule has 0 aromatic heterocycles. The summed E-state index contributed by atoms with van der Waals surface area (Å²) in [5.74, 6) is -0.860. The van der Waals surface area contributed by atoms with Crippen LogP contribution in [0.3, 0.4) is 0 Å². The molecule has 0 bridgehead atoms. The van der Waals surface area contributed by atoms with Crippen LogP contribution < -0.4 is 5.43 Å². The molecule has 1 fully saturated rings.